The van der Waals surface area contributed by atoms with Gasteiger partial charge in [0.15, 0.2) is 0 Å². The largest absolute Gasteiger partial charge is 0.477 e. The van der Waals surface area contributed by atoms with Crippen molar-refractivity contribution in [3.05, 3.63) is 47.5 Å². The highest BCUT2D eigenvalue weighted by Crippen LogP contribution is 2.24. The Morgan fingerprint density at radius 3 is 2.75 bits per heavy atom. The van der Waals surface area contributed by atoms with Gasteiger partial charge in [-0.1, -0.05) is 6.07 Å². The van der Waals surface area contributed by atoms with Crippen LogP contribution in [0.2, 0.25) is 0 Å². The summed E-state index contributed by atoms with van der Waals surface area (Å²) in [6.07, 6.45) is 3.50. The predicted octanol–water partition coefficient (Wildman–Crippen LogP) is 2.23. The van der Waals surface area contributed by atoms with Gasteiger partial charge in [-0.2, -0.15) is 0 Å². The molecule has 1 fully saturated rings. The fraction of sp³-hybridized carbons (Fsp3) is 0.353. The second kappa shape index (κ2) is 6.82. The number of halogens is 1. The van der Waals surface area contributed by atoms with Crippen LogP contribution in [-0.4, -0.2) is 47.1 Å². The van der Waals surface area contributed by atoms with E-state index in [0.29, 0.717) is 42.4 Å². The molecular formula is C17H18FN3O3. The summed E-state index contributed by atoms with van der Waals surface area (Å²) >= 11 is 0. The van der Waals surface area contributed by atoms with Crippen molar-refractivity contribution in [2.45, 2.75) is 19.4 Å². The molecule has 126 valence electrons. The van der Waals surface area contributed by atoms with Crippen LogP contribution in [0.3, 0.4) is 0 Å². The molecule has 1 aromatic heterocycles. The summed E-state index contributed by atoms with van der Waals surface area (Å²) in [5, 5.41) is 0. The molecule has 1 aromatic carbocycles. The molecule has 1 aliphatic rings. The number of ether oxygens (including phenoxy) is 2. The zero-order chi connectivity index (χ0) is 17.1. The van der Waals surface area contributed by atoms with E-state index in [9.17, 15) is 9.18 Å². The van der Waals surface area contributed by atoms with Crippen LogP contribution >= 0.6 is 0 Å². The van der Waals surface area contributed by atoms with Crippen molar-refractivity contribution in [2.75, 3.05) is 20.2 Å². The lowest BCUT2D eigenvalue weighted by Gasteiger charge is -2.17. The maximum atomic E-state index is 13.6. The molecule has 0 bridgehead atoms. The first kappa shape index (κ1) is 16.2. The Hall–Kier alpha value is -2.70. The summed E-state index contributed by atoms with van der Waals surface area (Å²) in [4.78, 5) is 22.3. The van der Waals surface area contributed by atoms with Gasteiger partial charge in [-0.15, -0.1) is 0 Å². The Labute approximate surface area is 139 Å². The molecule has 1 saturated heterocycles. The van der Waals surface area contributed by atoms with Crippen molar-refractivity contribution in [1.29, 1.82) is 0 Å². The second-order valence-corrected chi connectivity index (χ2v) is 5.61. The number of rotatable bonds is 4. The average molecular weight is 331 g/mol. The molecule has 0 spiro atoms. The van der Waals surface area contributed by atoms with Gasteiger partial charge in [0, 0.05) is 30.9 Å². The number of nitrogens with zero attached hydrogens (tertiary/aromatic N) is 3. The molecule has 1 amide bonds. The molecule has 3 rings (SSSR count). The van der Waals surface area contributed by atoms with Crippen molar-refractivity contribution >= 4 is 5.91 Å². The summed E-state index contributed by atoms with van der Waals surface area (Å²) < 4.78 is 24.5. The summed E-state index contributed by atoms with van der Waals surface area (Å²) in [7, 11) is 1.49. The number of carbonyl (C=O) groups excluding carboxylic acids is 1. The Bertz CT molecular complexity index is 754. The summed E-state index contributed by atoms with van der Waals surface area (Å²) in [5.74, 6) is 0.0341. The smallest absolute Gasteiger partial charge is 0.278 e. The highest BCUT2D eigenvalue weighted by Gasteiger charge is 2.29. The third kappa shape index (κ3) is 3.29. The van der Waals surface area contributed by atoms with Crippen LogP contribution in [0.25, 0.3) is 0 Å². The standard InChI is InChI=1S/C17H18FN3O3/c1-11-3-4-12(9-14(11)18)17(22)21-8-5-13(10-21)24-16-15(23-2)19-6-7-20-16/h3-4,6-7,9,13H,5,8,10H2,1-2H3. The molecule has 0 saturated carbocycles. The maximum Gasteiger partial charge on any atom is 0.278 e. The van der Waals surface area contributed by atoms with Gasteiger partial charge in [-0.25, -0.2) is 14.4 Å². The molecule has 0 N–H and O–H groups in total. The van der Waals surface area contributed by atoms with Crippen LogP contribution in [0.4, 0.5) is 4.39 Å². The number of hydrogen-bond acceptors (Lipinski definition) is 5. The predicted molar refractivity (Wildman–Crippen MR) is 84.7 cm³/mol. The SMILES string of the molecule is COc1nccnc1OC1CCN(C(=O)c2ccc(C)c(F)c2)C1. The molecule has 2 aromatic rings. The van der Waals surface area contributed by atoms with E-state index in [2.05, 4.69) is 9.97 Å². The van der Waals surface area contributed by atoms with Crippen molar-refractivity contribution in [1.82, 2.24) is 14.9 Å². The fourth-order valence-electron chi connectivity index (χ4n) is 2.61. The van der Waals surface area contributed by atoms with Crippen molar-refractivity contribution in [3.63, 3.8) is 0 Å². The highest BCUT2D eigenvalue weighted by molar-refractivity contribution is 5.94. The molecular weight excluding hydrogens is 313 g/mol. The van der Waals surface area contributed by atoms with E-state index in [1.807, 2.05) is 0 Å². The van der Waals surface area contributed by atoms with E-state index in [1.165, 1.54) is 25.6 Å². The van der Waals surface area contributed by atoms with E-state index in [0.717, 1.165) is 0 Å². The van der Waals surface area contributed by atoms with E-state index in [4.69, 9.17) is 9.47 Å². The van der Waals surface area contributed by atoms with Crippen LogP contribution in [0.5, 0.6) is 11.8 Å². The zero-order valence-corrected chi connectivity index (χ0v) is 13.5. The third-order valence-corrected chi connectivity index (χ3v) is 3.96. The number of carbonyl (C=O) groups is 1. The van der Waals surface area contributed by atoms with Crippen LogP contribution in [0.1, 0.15) is 22.3 Å². The van der Waals surface area contributed by atoms with Gasteiger partial charge in [0.25, 0.3) is 17.7 Å². The number of methoxy groups -OCH3 is 1. The quantitative estimate of drug-likeness (QED) is 0.859. The van der Waals surface area contributed by atoms with Gasteiger partial charge in [-0.3, -0.25) is 4.79 Å². The van der Waals surface area contributed by atoms with E-state index in [-0.39, 0.29) is 17.8 Å². The number of amides is 1. The van der Waals surface area contributed by atoms with Crippen molar-refractivity contribution in [3.8, 4) is 11.8 Å². The molecule has 1 aliphatic heterocycles. The Kier molecular flexibility index (Phi) is 4.59. The molecule has 6 nitrogen and oxygen atoms in total. The molecule has 0 aliphatic carbocycles. The summed E-state index contributed by atoms with van der Waals surface area (Å²) in [5.41, 5.74) is 0.861. The minimum atomic E-state index is -0.378. The normalized spacial score (nSPS) is 17.0. The van der Waals surface area contributed by atoms with Gasteiger partial charge in [0.1, 0.15) is 11.9 Å². The topological polar surface area (TPSA) is 64.6 Å². The van der Waals surface area contributed by atoms with E-state index < -0.39 is 0 Å². The molecule has 7 heteroatoms. The zero-order valence-electron chi connectivity index (χ0n) is 13.5. The highest BCUT2D eigenvalue weighted by atomic mass is 19.1. The lowest BCUT2D eigenvalue weighted by Crippen LogP contribution is -2.31. The van der Waals surface area contributed by atoms with Crippen LogP contribution in [0, 0.1) is 12.7 Å². The van der Waals surface area contributed by atoms with Crippen LogP contribution in [0.15, 0.2) is 30.6 Å². The van der Waals surface area contributed by atoms with Gasteiger partial charge < -0.3 is 14.4 Å². The number of hydrogen-bond donors (Lipinski definition) is 0. The summed E-state index contributed by atoms with van der Waals surface area (Å²) in [6, 6.07) is 4.52. The minimum absolute atomic E-state index is 0.199. The molecule has 0 radical (unpaired) electrons. The average Bonchev–Trinajstić information content (AvgIpc) is 3.05. The fourth-order valence-corrected chi connectivity index (χ4v) is 2.61. The monoisotopic (exact) mass is 331 g/mol. The number of likely N-dealkylation sites (tertiary alicyclic amines) is 1. The van der Waals surface area contributed by atoms with Gasteiger partial charge >= 0.3 is 0 Å². The first-order valence-electron chi connectivity index (χ1n) is 7.65. The van der Waals surface area contributed by atoms with Gasteiger partial charge in [-0.05, 0) is 24.6 Å². The Balaban J connectivity index is 1.66. The maximum absolute atomic E-state index is 13.6. The van der Waals surface area contributed by atoms with Gasteiger partial charge in [0.2, 0.25) is 0 Å². The van der Waals surface area contributed by atoms with Crippen molar-refractivity contribution < 1.29 is 18.7 Å². The first-order valence-corrected chi connectivity index (χ1v) is 7.65. The third-order valence-electron chi connectivity index (χ3n) is 3.96. The molecule has 1 atom stereocenters. The first-order chi connectivity index (χ1) is 11.6. The van der Waals surface area contributed by atoms with Crippen molar-refractivity contribution in [2.24, 2.45) is 0 Å². The Morgan fingerprint density at radius 1 is 1.29 bits per heavy atom. The minimum Gasteiger partial charge on any atom is -0.477 e. The van der Waals surface area contributed by atoms with Gasteiger partial charge in [0.05, 0.1) is 13.7 Å². The van der Waals surface area contributed by atoms with E-state index in [1.54, 1.807) is 24.0 Å². The molecule has 24 heavy (non-hydrogen) atoms. The Morgan fingerprint density at radius 2 is 2.04 bits per heavy atom. The lowest BCUT2D eigenvalue weighted by atomic mass is 10.1. The number of aromatic nitrogens is 2. The second-order valence-electron chi connectivity index (χ2n) is 5.61. The van der Waals surface area contributed by atoms with Crippen LogP contribution in [-0.2, 0) is 0 Å². The number of benzene rings is 1. The number of aryl methyl sites for hydroxylation is 1. The molecule has 2 heterocycles. The van der Waals surface area contributed by atoms with E-state index >= 15 is 0 Å². The summed E-state index contributed by atoms with van der Waals surface area (Å²) in [6.45, 7) is 2.62. The van der Waals surface area contributed by atoms with Crippen LogP contribution < -0.4 is 9.47 Å². The molecule has 1 unspecified atom stereocenters. The lowest BCUT2D eigenvalue weighted by molar-refractivity contribution is 0.0769.